The van der Waals surface area contributed by atoms with E-state index in [4.69, 9.17) is 5.11 Å². The fourth-order valence-corrected chi connectivity index (χ4v) is 4.36. The number of hydrogen-bond acceptors (Lipinski definition) is 4. The third-order valence-corrected chi connectivity index (χ3v) is 6.01. The van der Waals surface area contributed by atoms with E-state index in [1.165, 1.54) is 13.8 Å². The zero-order chi connectivity index (χ0) is 11.6. The first-order valence-corrected chi connectivity index (χ1v) is 6.03. The Morgan fingerprint density at radius 2 is 2.00 bits per heavy atom. The van der Waals surface area contributed by atoms with Crippen LogP contribution >= 0.6 is 0 Å². The average Bonchev–Trinajstić information content (AvgIpc) is 2.19. The van der Waals surface area contributed by atoms with E-state index < -0.39 is 37.9 Å². The Balaban J connectivity index is 0.00000128. The van der Waals surface area contributed by atoms with E-state index in [0.29, 0.717) is 0 Å². The van der Waals surface area contributed by atoms with Crippen molar-refractivity contribution in [2.75, 3.05) is 0 Å². The van der Waals surface area contributed by atoms with Crippen LogP contribution < -0.4 is 0 Å². The first kappa shape index (κ1) is 14.0. The molecule has 0 spiro atoms. The molecule has 0 saturated carbocycles. The molecule has 2 aliphatic heterocycles. The van der Waals surface area contributed by atoms with E-state index in [9.17, 15) is 18.0 Å². The quantitative estimate of drug-likeness (QED) is 0.458. The molecule has 0 aliphatic carbocycles. The summed E-state index contributed by atoms with van der Waals surface area (Å²) in [5.74, 6) is -1.67. The van der Waals surface area contributed by atoms with E-state index in [1.807, 2.05) is 0 Å². The van der Waals surface area contributed by atoms with Gasteiger partial charge in [0.05, 0.1) is 11.2 Å². The Morgan fingerprint density at radius 1 is 1.50 bits per heavy atom. The van der Waals surface area contributed by atoms with E-state index in [1.54, 1.807) is 0 Å². The van der Waals surface area contributed by atoms with Gasteiger partial charge in [-0.1, -0.05) is 0 Å². The van der Waals surface area contributed by atoms with E-state index in [0.717, 1.165) is 4.90 Å². The fraction of sp³-hybridized carbons (Fsp3) is 0.750. The van der Waals surface area contributed by atoms with Crippen LogP contribution in [0.4, 0.5) is 0 Å². The Labute approximate surface area is 115 Å². The van der Waals surface area contributed by atoms with E-state index in [-0.39, 0.29) is 36.0 Å². The zero-order valence-corrected chi connectivity index (χ0v) is 9.11. The molecule has 6 nitrogen and oxygen atoms in total. The van der Waals surface area contributed by atoms with Crippen LogP contribution in [0.15, 0.2) is 0 Å². The van der Waals surface area contributed by atoms with Gasteiger partial charge in [-0.15, -0.1) is 0 Å². The Kier molecular flexibility index (Phi) is 3.22. The molecule has 1 amide bonds. The van der Waals surface area contributed by atoms with Crippen molar-refractivity contribution in [3.8, 4) is 0 Å². The van der Waals surface area contributed by atoms with Crippen molar-refractivity contribution >= 4 is 51.3 Å². The second-order valence-electron chi connectivity index (χ2n) is 4.35. The fourth-order valence-electron chi connectivity index (χ4n) is 2.23. The summed E-state index contributed by atoms with van der Waals surface area (Å²) in [5.41, 5.74) is 0. The molecule has 86 valence electrons. The van der Waals surface area contributed by atoms with Crippen LogP contribution in [0.5, 0.6) is 0 Å². The van der Waals surface area contributed by atoms with Gasteiger partial charge in [0.2, 0.25) is 5.91 Å². The number of rotatable bonds is 1. The molecule has 2 fully saturated rings. The summed E-state index contributed by atoms with van der Waals surface area (Å²) in [5, 5.41) is 8.03. The maximum atomic E-state index is 11.9. The molecule has 2 aliphatic rings. The average molecular weight is 257 g/mol. The van der Waals surface area contributed by atoms with Crippen molar-refractivity contribution in [2.45, 2.75) is 36.4 Å². The number of fused-ring (bicyclic) bond motifs is 1. The third kappa shape index (κ3) is 1.38. The molecule has 0 unspecified atom stereocenters. The molecular weight excluding hydrogens is 245 g/mol. The normalized spacial score (nSPS) is 33.6. The number of amides is 1. The Bertz CT molecular complexity index is 457. The molecule has 0 aromatic heterocycles. The molecule has 2 rings (SSSR count). The first-order chi connectivity index (χ1) is 6.71. The van der Waals surface area contributed by atoms with Crippen molar-refractivity contribution in [3.05, 3.63) is 0 Å². The summed E-state index contributed by atoms with van der Waals surface area (Å²) in [6.07, 6.45) is -0.0878. The van der Waals surface area contributed by atoms with Crippen LogP contribution in [0.25, 0.3) is 0 Å². The number of nitrogens with zero attached hydrogens (tertiary/aromatic N) is 1. The number of β-lactam (4-membered cyclic amide) rings is 1. The van der Waals surface area contributed by atoms with Gasteiger partial charge >= 0.3 is 35.5 Å². The SMILES string of the molecule is CC1(C)[C@H](C(=O)O)N2C(=O)C[C@H]2S1(=O)=O.[NaH]. The van der Waals surface area contributed by atoms with Crippen LogP contribution in [0.2, 0.25) is 0 Å². The summed E-state index contributed by atoms with van der Waals surface area (Å²) in [6, 6.07) is -1.26. The monoisotopic (exact) mass is 257 g/mol. The summed E-state index contributed by atoms with van der Waals surface area (Å²) in [6.45, 7) is 2.71. The molecule has 8 heteroatoms. The van der Waals surface area contributed by atoms with Crippen molar-refractivity contribution < 1.29 is 23.1 Å². The van der Waals surface area contributed by atoms with Gasteiger partial charge in [-0.25, -0.2) is 13.2 Å². The van der Waals surface area contributed by atoms with Gasteiger partial charge in [-0.2, -0.15) is 0 Å². The van der Waals surface area contributed by atoms with Gasteiger partial charge in [0.1, 0.15) is 11.4 Å². The van der Waals surface area contributed by atoms with Gasteiger partial charge < -0.3 is 10.0 Å². The van der Waals surface area contributed by atoms with Crippen LogP contribution in [0.1, 0.15) is 20.3 Å². The van der Waals surface area contributed by atoms with Crippen LogP contribution in [-0.2, 0) is 19.4 Å². The predicted octanol–water partition coefficient (Wildman–Crippen LogP) is -1.44. The van der Waals surface area contributed by atoms with E-state index in [2.05, 4.69) is 0 Å². The molecule has 0 radical (unpaired) electrons. The van der Waals surface area contributed by atoms with Gasteiger partial charge in [0.25, 0.3) is 0 Å². The summed E-state index contributed by atoms with van der Waals surface area (Å²) in [7, 11) is -3.57. The Morgan fingerprint density at radius 3 is 2.31 bits per heavy atom. The van der Waals surface area contributed by atoms with Gasteiger partial charge in [-0.3, -0.25) is 4.79 Å². The van der Waals surface area contributed by atoms with Gasteiger partial charge in [0.15, 0.2) is 9.84 Å². The van der Waals surface area contributed by atoms with Crippen LogP contribution in [0, 0.1) is 0 Å². The predicted molar refractivity (Wildman–Crippen MR) is 56.8 cm³/mol. The number of hydrogen-bond donors (Lipinski definition) is 1. The summed E-state index contributed by atoms with van der Waals surface area (Å²) < 4.78 is 22.4. The molecular formula is C8H12NNaO5S. The van der Waals surface area contributed by atoms with Crippen LogP contribution in [0.3, 0.4) is 0 Å². The number of carbonyl (C=O) groups excluding carboxylic acids is 1. The number of carbonyl (C=O) groups is 2. The maximum absolute atomic E-state index is 11.9. The van der Waals surface area contributed by atoms with Crippen LogP contribution in [-0.4, -0.2) is 76.0 Å². The molecule has 2 saturated heterocycles. The van der Waals surface area contributed by atoms with Crippen molar-refractivity contribution in [3.63, 3.8) is 0 Å². The molecule has 2 atom stereocenters. The Hall–Kier alpha value is -0.110. The first-order valence-electron chi connectivity index (χ1n) is 4.48. The summed E-state index contributed by atoms with van der Waals surface area (Å²) in [4.78, 5) is 23.2. The number of carboxylic acids is 1. The van der Waals surface area contributed by atoms with Crippen molar-refractivity contribution in [2.24, 2.45) is 0 Å². The molecule has 0 bridgehead atoms. The second-order valence-corrected chi connectivity index (χ2v) is 7.04. The second kappa shape index (κ2) is 3.69. The van der Waals surface area contributed by atoms with Gasteiger partial charge in [0, 0.05) is 0 Å². The molecule has 0 aromatic rings. The zero-order valence-electron chi connectivity index (χ0n) is 8.30. The molecule has 16 heavy (non-hydrogen) atoms. The van der Waals surface area contributed by atoms with Gasteiger partial charge in [-0.05, 0) is 13.8 Å². The molecule has 2 heterocycles. The minimum atomic E-state index is -3.57. The molecule has 1 N–H and O–H groups in total. The summed E-state index contributed by atoms with van der Waals surface area (Å²) >= 11 is 0. The minimum absolute atomic E-state index is 0. The standard InChI is InChI=1S/C8H11NO5S.Na.H/c1-8(2)6(7(11)12)9-4(10)3-5(9)15(8,13)14;;/h5-6H,3H2,1-2H3,(H,11,12);;/t5-,6+;;/m1../s1. The van der Waals surface area contributed by atoms with E-state index >= 15 is 0 Å². The topological polar surface area (TPSA) is 91.8 Å². The third-order valence-electron chi connectivity index (χ3n) is 3.21. The van der Waals surface area contributed by atoms with Crippen molar-refractivity contribution in [1.29, 1.82) is 0 Å². The molecule has 0 aromatic carbocycles. The number of sulfone groups is 1. The van der Waals surface area contributed by atoms with Crippen molar-refractivity contribution in [1.82, 2.24) is 4.90 Å². The number of aliphatic carboxylic acids is 1. The number of carboxylic acid groups (broad SMARTS) is 1.